The summed E-state index contributed by atoms with van der Waals surface area (Å²) in [5.41, 5.74) is 2.17. The maximum absolute atomic E-state index is 11.1. The molecule has 0 aliphatic heterocycles. The van der Waals surface area contributed by atoms with E-state index in [-0.39, 0.29) is 11.3 Å². The number of amides is 1. The molecule has 0 heterocycles. The van der Waals surface area contributed by atoms with E-state index in [2.05, 4.69) is 26.1 Å². The second kappa shape index (κ2) is 5.87. The van der Waals surface area contributed by atoms with Crippen molar-refractivity contribution < 1.29 is 14.7 Å². The molecule has 2 N–H and O–H groups in total. The Morgan fingerprint density at radius 1 is 1.21 bits per heavy atom. The molecule has 4 heteroatoms. The Kier molecular flexibility index (Phi) is 4.70. The average molecular weight is 263 g/mol. The molecule has 0 aliphatic rings. The Balaban J connectivity index is 2.81. The molecule has 0 unspecified atom stereocenters. The summed E-state index contributed by atoms with van der Waals surface area (Å²) in [6.45, 7) is 7.69. The molecule has 0 bridgehead atoms. The van der Waals surface area contributed by atoms with Crippen molar-refractivity contribution in [2.45, 2.75) is 45.6 Å². The van der Waals surface area contributed by atoms with E-state index in [1.54, 1.807) is 0 Å². The lowest BCUT2D eigenvalue weighted by Crippen LogP contribution is -2.41. The molecule has 0 saturated carbocycles. The van der Waals surface area contributed by atoms with Gasteiger partial charge in [-0.3, -0.25) is 4.79 Å². The number of carbonyl (C=O) groups is 2. The van der Waals surface area contributed by atoms with Gasteiger partial charge in [-0.2, -0.15) is 0 Å². The van der Waals surface area contributed by atoms with E-state index in [1.165, 1.54) is 12.5 Å². The summed E-state index contributed by atoms with van der Waals surface area (Å²) >= 11 is 0. The van der Waals surface area contributed by atoms with Crippen molar-refractivity contribution in [3.63, 3.8) is 0 Å². The predicted molar refractivity (Wildman–Crippen MR) is 74.1 cm³/mol. The van der Waals surface area contributed by atoms with Crippen molar-refractivity contribution in [3.05, 3.63) is 35.4 Å². The first-order valence-corrected chi connectivity index (χ1v) is 6.29. The molecule has 1 aromatic rings. The minimum atomic E-state index is -1.02. The van der Waals surface area contributed by atoms with Crippen LogP contribution in [0.1, 0.15) is 38.8 Å². The minimum Gasteiger partial charge on any atom is -0.480 e. The van der Waals surface area contributed by atoms with Crippen molar-refractivity contribution in [3.8, 4) is 0 Å². The van der Waals surface area contributed by atoms with E-state index in [4.69, 9.17) is 5.11 Å². The van der Waals surface area contributed by atoms with Crippen molar-refractivity contribution in [2.24, 2.45) is 0 Å². The molecule has 104 valence electrons. The van der Waals surface area contributed by atoms with E-state index in [9.17, 15) is 9.59 Å². The highest BCUT2D eigenvalue weighted by molar-refractivity contribution is 5.82. The molecule has 0 spiro atoms. The van der Waals surface area contributed by atoms with Gasteiger partial charge in [0.05, 0.1) is 0 Å². The third-order valence-corrected chi connectivity index (χ3v) is 2.94. The highest BCUT2D eigenvalue weighted by atomic mass is 16.4. The summed E-state index contributed by atoms with van der Waals surface area (Å²) in [7, 11) is 0. The largest absolute Gasteiger partial charge is 0.480 e. The number of rotatable bonds is 4. The highest BCUT2D eigenvalue weighted by Gasteiger charge is 2.19. The molecule has 1 amide bonds. The first kappa shape index (κ1) is 15.2. The van der Waals surface area contributed by atoms with Crippen molar-refractivity contribution in [1.29, 1.82) is 0 Å². The fourth-order valence-corrected chi connectivity index (χ4v) is 1.82. The Labute approximate surface area is 113 Å². The maximum atomic E-state index is 11.1. The zero-order chi connectivity index (χ0) is 14.6. The van der Waals surface area contributed by atoms with Gasteiger partial charge in [-0.05, 0) is 16.5 Å². The van der Waals surface area contributed by atoms with Crippen molar-refractivity contribution >= 4 is 11.9 Å². The van der Waals surface area contributed by atoms with Crippen molar-refractivity contribution in [1.82, 2.24) is 5.32 Å². The number of aliphatic carboxylic acids is 1. The lowest BCUT2D eigenvalue weighted by Gasteiger charge is -2.19. The van der Waals surface area contributed by atoms with Gasteiger partial charge in [0.2, 0.25) is 5.91 Å². The zero-order valence-electron chi connectivity index (χ0n) is 11.9. The van der Waals surface area contributed by atoms with Crippen LogP contribution in [0.2, 0.25) is 0 Å². The van der Waals surface area contributed by atoms with Crippen LogP contribution >= 0.6 is 0 Å². The normalized spacial score (nSPS) is 12.8. The third kappa shape index (κ3) is 4.73. The van der Waals surface area contributed by atoms with E-state index in [1.807, 2.05) is 24.3 Å². The average Bonchev–Trinajstić information content (AvgIpc) is 2.27. The molecule has 19 heavy (non-hydrogen) atoms. The summed E-state index contributed by atoms with van der Waals surface area (Å²) in [5.74, 6) is -1.35. The first-order valence-electron chi connectivity index (χ1n) is 6.29. The quantitative estimate of drug-likeness (QED) is 0.874. The molecule has 0 aliphatic carbocycles. The molecule has 0 saturated heterocycles. The fourth-order valence-electron chi connectivity index (χ4n) is 1.82. The van der Waals surface area contributed by atoms with Gasteiger partial charge in [0, 0.05) is 13.3 Å². The summed E-state index contributed by atoms with van der Waals surface area (Å²) < 4.78 is 0. The Hall–Kier alpha value is -1.84. The van der Waals surface area contributed by atoms with E-state index < -0.39 is 12.0 Å². The fraction of sp³-hybridized carbons (Fsp3) is 0.467. The van der Waals surface area contributed by atoms with Crippen LogP contribution < -0.4 is 5.32 Å². The summed E-state index contributed by atoms with van der Waals surface area (Å²) in [5, 5.41) is 11.5. The van der Waals surface area contributed by atoms with Gasteiger partial charge < -0.3 is 10.4 Å². The van der Waals surface area contributed by atoms with Crippen LogP contribution in [-0.2, 0) is 21.4 Å². The maximum Gasteiger partial charge on any atom is 0.326 e. The van der Waals surface area contributed by atoms with Crippen LogP contribution in [0.4, 0.5) is 0 Å². The molecule has 1 atom stereocenters. The van der Waals surface area contributed by atoms with Gasteiger partial charge >= 0.3 is 5.97 Å². The first-order chi connectivity index (χ1) is 8.70. The lowest BCUT2D eigenvalue weighted by molar-refractivity contribution is -0.141. The van der Waals surface area contributed by atoms with Crippen LogP contribution in [0, 0.1) is 0 Å². The number of benzene rings is 1. The number of carboxylic acid groups (broad SMARTS) is 1. The van der Waals surface area contributed by atoms with Crippen LogP contribution in [-0.4, -0.2) is 23.0 Å². The van der Waals surface area contributed by atoms with Crippen LogP contribution in [0.3, 0.4) is 0 Å². The molecule has 0 aromatic heterocycles. The Bertz CT molecular complexity index is 457. The van der Waals surface area contributed by atoms with Gasteiger partial charge in [0.15, 0.2) is 0 Å². The Morgan fingerprint density at radius 2 is 1.74 bits per heavy atom. The number of hydrogen-bond donors (Lipinski definition) is 2. The minimum absolute atomic E-state index is 0.0718. The second-order valence-corrected chi connectivity index (χ2v) is 5.74. The molecule has 0 radical (unpaired) electrons. The summed E-state index contributed by atoms with van der Waals surface area (Å²) in [6, 6.07) is 6.96. The predicted octanol–water partition coefficient (Wildman–Crippen LogP) is 2.12. The summed E-state index contributed by atoms with van der Waals surface area (Å²) in [6.07, 6.45) is 0.291. The van der Waals surface area contributed by atoms with Gasteiger partial charge in [-0.1, -0.05) is 45.0 Å². The van der Waals surface area contributed by atoms with Crippen LogP contribution in [0.25, 0.3) is 0 Å². The second-order valence-electron chi connectivity index (χ2n) is 5.74. The third-order valence-electron chi connectivity index (χ3n) is 2.94. The molecule has 1 rings (SSSR count). The number of carbonyl (C=O) groups excluding carboxylic acids is 1. The van der Waals surface area contributed by atoms with Crippen LogP contribution in [0.15, 0.2) is 24.3 Å². The monoisotopic (exact) mass is 263 g/mol. The zero-order valence-corrected chi connectivity index (χ0v) is 11.9. The van der Waals surface area contributed by atoms with E-state index >= 15 is 0 Å². The van der Waals surface area contributed by atoms with Gasteiger partial charge in [0.25, 0.3) is 0 Å². The van der Waals surface area contributed by atoms with E-state index in [0.717, 1.165) is 5.56 Å². The van der Waals surface area contributed by atoms with Gasteiger partial charge in [-0.25, -0.2) is 4.79 Å². The smallest absolute Gasteiger partial charge is 0.326 e. The number of hydrogen-bond acceptors (Lipinski definition) is 2. The topological polar surface area (TPSA) is 66.4 Å². The molecule has 1 aromatic carbocycles. The molecule has 0 fully saturated rings. The SMILES string of the molecule is CC(=O)N[C@H](Cc1ccc(C(C)(C)C)cc1)C(=O)O. The van der Waals surface area contributed by atoms with Gasteiger partial charge in [0.1, 0.15) is 6.04 Å². The van der Waals surface area contributed by atoms with Gasteiger partial charge in [-0.15, -0.1) is 0 Å². The molecular weight excluding hydrogens is 242 g/mol. The molecular formula is C15H21NO3. The van der Waals surface area contributed by atoms with Crippen molar-refractivity contribution in [2.75, 3.05) is 0 Å². The summed E-state index contributed by atoms with van der Waals surface area (Å²) in [4.78, 5) is 22.0. The van der Waals surface area contributed by atoms with Crippen LogP contribution in [0.5, 0.6) is 0 Å². The molecule has 4 nitrogen and oxygen atoms in total. The number of carboxylic acids is 1. The Morgan fingerprint density at radius 3 is 2.11 bits per heavy atom. The highest BCUT2D eigenvalue weighted by Crippen LogP contribution is 2.22. The standard InChI is InChI=1S/C15H21NO3/c1-10(17)16-13(14(18)19)9-11-5-7-12(8-6-11)15(2,3)4/h5-8,13H,9H2,1-4H3,(H,16,17)(H,18,19)/t13-/m1/s1. The van der Waals surface area contributed by atoms with E-state index in [0.29, 0.717) is 6.42 Å². The number of nitrogens with one attached hydrogen (secondary N) is 1. The lowest BCUT2D eigenvalue weighted by atomic mass is 9.86.